The number of para-hydroxylation sites is 1. The molecule has 2 N–H and O–H groups in total. The van der Waals surface area contributed by atoms with Crippen LogP contribution >= 0.6 is 23.8 Å². The van der Waals surface area contributed by atoms with E-state index in [-0.39, 0.29) is 0 Å². The van der Waals surface area contributed by atoms with Gasteiger partial charge in [0.15, 0.2) is 5.11 Å². The average molecular weight is 602 g/mol. The van der Waals surface area contributed by atoms with Crippen LogP contribution in [0.25, 0.3) is 11.3 Å². The molecule has 4 heterocycles. The summed E-state index contributed by atoms with van der Waals surface area (Å²) in [5.41, 5.74) is 2.24. The zero-order valence-corrected chi connectivity index (χ0v) is 25.4. The first-order valence-corrected chi connectivity index (χ1v) is 15.4. The van der Waals surface area contributed by atoms with Crippen molar-refractivity contribution >= 4 is 52.2 Å². The van der Waals surface area contributed by atoms with Crippen LogP contribution in [0.2, 0.25) is 5.02 Å². The summed E-state index contributed by atoms with van der Waals surface area (Å²) in [4.78, 5) is 17.0. The van der Waals surface area contributed by atoms with Crippen molar-refractivity contribution in [1.29, 1.82) is 0 Å². The molecule has 0 spiro atoms. The highest BCUT2D eigenvalue weighted by atomic mass is 35.5. The molecule has 10 heteroatoms. The van der Waals surface area contributed by atoms with Gasteiger partial charge < -0.3 is 29.8 Å². The highest BCUT2D eigenvalue weighted by molar-refractivity contribution is 7.80. The third-order valence-electron chi connectivity index (χ3n) is 7.96. The minimum atomic E-state index is 0.433. The molecule has 2 saturated heterocycles. The van der Waals surface area contributed by atoms with Crippen LogP contribution in [-0.2, 0) is 6.54 Å². The van der Waals surface area contributed by atoms with Gasteiger partial charge in [-0.05, 0) is 86.9 Å². The summed E-state index contributed by atoms with van der Waals surface area (Å²) in [6.45, 7) is 7.36. The zero-order chi connectivity index (χ0) is 28.9. The minimum Gasteiger partial charge on any atom is -0.459 e. The molecule has 0 saturated carbocycles. The number of benzene rings is 2. The van der Waals surface area contributed by atoms with Crippen molar-refractivity contribution < 1.29 is 4.42 Å². The van der Waals surface area contributed by atoms with Gasteiger partial charge in [0, 0.05) is 61.1 Å². The van der Waals surface area contributed by atoms with Crippen molar-refractivity contribution in [2.45, 2.75) is 38.8 Å². The van der Waals surface area contributed by atoms with Gasteiger partial charge in [-0.2, -0.15) is 9.97 Å². The molecule has 2 aromatic carbocycles. The Bertz CT molecular complexity index is 1490. The lowest BCUT2D eigenvalue weighted by Crippen LogP contribution is -2.47. The van der Waals surface area contributed by atoms with Gasteiger partial charge in [-0.1, -0.05) is 29.8 Å². The highest BCUT2D eigenvalue weighted by Crippen LogP contribution is 2.28. The van der Waals surface area contributed by atoms with Crippen LogP contribution in [0.15, 0.2) is 77.2 Å². The van der Waals surface area contributed by atoms with Gasteiger partial charge in [0.25, 0.3) is 0 Å². The minimum absolute atomic E-state index is 0.433. The van der Waals surface area contributed by atoms with Crippen LogP contribution in [0.1, 0.15) is 31.9 Å². The van der Waals surface area contributed by atoms with Gasteiger partial charge in [0.2, 0.25) is 5.95 Å². The summed E-state index contributed by atoms with van der Waals surface area (Å²) in [6, 6.07) is 24.7. The predicted molar refractivity (Wildman–Crippen MR) is 176 cm³/mol. The molecule has 218 valence electrons. The number of hydrogen-bond acceptors (Lipinski definition) is 7. The molecule has 42 heavy (non-hydrogen) atoms. The second-order valence-corrected chi connectivity index (χ2v) is 11.7. The van der Waals surface area contributed by atoms with Gasteiger partial charge >= 0.3 is 0 Å². The third kappa shape index (κ3) is 6.79. The third-order valence-corrected chi connectivity index (χ3v) is 8.46. The molecule has 1 atom stereocenters. The summed E-state index contributed by atoms with van der Waals surface area (Å²) in [5.74, 6) is 3.93. The number of nitrogens with one attached hydrogen (secondary N) is 2. The first-order chi connectivity index (χ1) is 20.5. The quantitative estimate of drug-likeness (QED) is 0.228. The Kier molecular flexibility index (Phi) is 8.76. The van der Waals surface area contributed by atoms with Gasteiger partial charge in [0.05, 0.1) is 6.54 Å². The van der Waals surface area contributed by atoms with Crippen LogP contribution in [0.4, 0.5) is 23.3 Å². The maximum Gasteiger partial charge on any atom is 0.232 e. The van der Waals surface area contributed by atoms with E-state index in [1.165, 1.54) is 24.9 Å². The lowest BCUT2D eigenvalue weighted by atomic mass is 10.0. The van der Waals surface area contributed by atoms with E-state index in [1.807, 2.05) is 36.4 Å². The Balaban J connectivity index is 1.14. The first kappa shape index (κ1) is 28.3. The van der Waals surface area contributed by atoms with E-state index >= 15 is 0 Å². The molecule has 0 amide bonds. The Morgan fingerprint density at radius 3 is 2.40 bits per heavy atom. The van der Waals surface area contributed by atoms with Crippen molar-refractivity contribution in [3.05, 3.63) is 83.6 Å². The molecule has 6 rings (SSSR count). The van der Waals surface area contributed by atoms with E-state index in [0.29, 0.717) is 28.7 Å². The maximum absolute atomic E-state index is 6.02. The van der Waals surface area contributed by atoms with Gasteiger partial charge in [0.1, 0.15) is 23.2 Å². The van der Waals surface area contributed by atoms with Crippen LogP contribution in [-0.4, -0.2) is 53.8 Å². The SMILES string of the molecule is C[C@@H]1CCCCN1c1cc(N2CCN(c3ccccc3)CC2)nc(NC(=S)NCc2ccc(-c3ccc(Cl)cc3)o2)n1. The molecule has 0 bridgehead atoms. The van der Waals surface area contributed by atoms with Crippen LogP contribution in [0, 0.1) is 0 Å². The molecule has 0 aliphatic carbocycles. The van der Waals surface area contributed by atoms with E-state index in [0.717, 1.165) is 61.4 Å². The predicted octanol–water partition coefficient (Wildman–Crippen LogP) is 6.58. The molecule has 2 aromatic heterocycles. The molecular formula is C32H36ClN7OS. The molecule has 4 aromatic rings. The fraction of sp³-hybridized carbons (Fsp3) is 0.344. The summed E-state index contributed by atoms with van der Waals surface area (Å²) in [6.07, 6.45) is 3.59. The first-order valence-electron chi connectivity index (χ1n) is 14.6. The fourth-order valence-electron chi connectivity index (χ4n) is 5.61. The van der Waals surface area contributed by atoms with Crippen molar-refractivity contribution in [3.8, 4) is 11.3 Å². The number of nitrogens with zero attached hydrogens (tertiary/aromatic N) is 5. The van der Waals surface area contributed by atoms with E-state index < -0.39 is 0 Å². The Hall–Kier alpha value is -3.82. The molecule has 2 aliphatic heterocycles. The Morgan fingerprint density at radius 1 is 0.905 bits per heavy atom. The average Bonchev–Trinajstić information content (AvgIpc) is 3.50. The molecule has 2 fully saturated rings. The zero-order valence-electron chi connectivity index (χ0n) is 23.8. The smallest absolute Gasteiger partial charge is 0.232 e. The number of piperazine rings is 1. The van der Waals surface area contributed by atoms with Gasteiger partial charge in [-0.25, -0.2) is 0 Å². The number of piperidine rings is 1. The molecular weight excluding hydrogens is 566 g/mol. The number of rotatable bonds is 7. The molecule has 0 radical (unpaired) electrons. The second-order valence-electron chi connectivity index (χ2n) is 10.8. The van der Waals surface area contributed by atoms with Gasteiger partial charge in [-0.15, -0.1) is 0 Å². The number of anilines is 4. The molecule has 2 aliphatic rings. The number of hydrogen-bond donors (Lipinski definition) is 2. The van der Waals surface area contributed by atoms with Crippen LogP contribution in [0.5, 0.6) is 0 Å². The summed E-state index contributed by atoms with van der Waals surface area (Å²) >= 11 is 11.7. The maximum atomic E-state index is 6.02. The highest BCUT2D eigenvalue weighted by Gasteiger charge is 2.24. The lowest BCUT2D eigenvalue weighted by molar-refractivity contribution is 0.481. The standard InChI is InChI=1S/C32H36ClN7OS/c1-23-7-5-6-16-40(23)30-21-29(39-19-17-38(18-20-39)26-8-3-2-4-9-26)35-31(36-30)37-32(42)34-22-27-14-15-28(41-27)24-10-12-25(33)13-11-24/h2-4,8-15,21,23H,5-7,16-20,22H2,1H3,(H2,34,35,36,37,42)/t23-/m1/s1. The molecule has 0 unspecified atom stereocenters. The van der Waals surface area contributed by atoms with Crippen LogP contribution in [0.3, 0.4) is 0 Å². The second kappa shape index (κ2) is 13.0. The Labute approximate surface area is 257 Å². The van der Waals surface area contributed by atoms with Crippen molar-refractivity contribution in [2.24, 2.45) is 0 Å². The number of furan rings is 1. The fourth-order valence-corrected chi connectivity index (χ4v) is 5.90. The van der Waals surface area contributed by atoms with E-state index in [4.69, 9.17) is 38.2 Å². The molecule has 8 nitrogen and oxygen atoms in total. The number of halogens is 1. The summed E-state index contributed by atoms with van der Waals surface area (Å²) in [5, 5.41) is 7.63. The number of aromatic nitrogens is 2. The van der Waals surface area contributed by atoms with Crippen molar-refractivity contribution in [1.82, 2.24) is 15.3 Å². The van der Waals surface area contributed by atoms with E-state index in [2.05, 4.69) is 68.7 Å². The summed E-state index contributed by atoms with van der Waals surface area (Å²) < 4.78 is 6.02. The summed E-state index contributed by atoms with van der Waals surface area (Å²) in [7, 11) is 0. The monoisotopic (exact) mass is 601 g/mol. The van der Waals surface area contributed by atoms with E-state index in [9.17, 15) is 0 Å². The largest absolute Gasteiger partial charge is 0.459 e. The van der Waals surface area contributed by atoms with E-state index in [1.54, 1.807) is 0 Å². The van der Waals surface area contributed by atoms with Gasteiger partial charge in [-0.3, -0.25) is 0 Å². The normalized spacial score (nSPS) is 17.3. The van der Waals surface area contributed by atoms with Crippen molar-refractivity contribution in [3.63, 3.8) is 0 Å². The van der Waals surface area contributed by atoms with Crippen molar-refractivity contribution in [2.75, 3.05) is 52.7 Å². The lowest BCUT2D eigenvalue weighted by Gasteiger charge is -2.38. The number of thiocarbonyl (C=S) groups is 1. The van der Waals surface area contributed by atoms with Crippen LogP contribution < -0.4 is 25.3 Å². The topological polar surface area (TPSA) is 72.7 Å². The Morgan fingerprint density at radius 2 is 1.64 bits per heavy atom.